The van der Waals surface area contributed by atoms with Crippen LogP contribution in [0.4, 0.5) is 13.2 Å². The minimum atomic E-state index is -4.15. The number of hydrogen-bond acceptors (Lipinski definition) is 2. The summed E-state index contributed by atoms with van der Waals surface area (Å²) in [5.41, 5.74) is 0. The highest BCUT2D eigenvalue weighted by Crippen LogP contribution is 2.15. The van der Waals surface area contributed by atoms with Crippen molar-refractivity contribution in [1.82, 2.24) is 15.5 Å². The number of likely N-dealkylation sites (N-methyl/N-ethyl adjacent to an activating group) is 1. The lowest BCUT2D eigenvalue weighted by Gasteiger charge is -2.20. The van der Waals surface area contributed by atoms with Gasteiger partial charge in [-0.15, -0.1) is 24.0 Å². The molecule has 0 spiro atoms. The lowest BCUT2D eigenvalue weighted by atomic mass is 10.2. The van der Waals surface area contributed by atoms with Crippen LogP contribution in [0, 0.1) is 0 Å². The Labute approximate surface area is 134 Å². The molecule has 0 fully saturated rings. The molecule has 118 valence electrons. The van der Waals surface area contributed by atoms with Gasteiger partial charge < -0.3 is 10.6 Å². The molecule has 2 N–H and O–H groups in total. The number of alkyl halides is 3. The van der Waals surface area contributed by atoms with Crippen molar-refractivity contribution >= 4 is 29.9 Å². The third-order valence-electron chi connectivity index (χ3n) is 2.81. The molecule has 0 aliphatic heterocycles. The first-order chi connectivity index (χ1) is 8.90. The molecule has 1 aliphatic rings. The summed E-state index contributed by atoms with van der Waals surface area (Å²) in [4.78, 5) is 5.28. The Morgan fingerprint density at radius 2 is 1.95 bits per heavy atom. The summed E-state index contributed by atoms with van der Waals surface area (Å²) in [6.45, 7) is -0.164. The van der Waals surface area contributed by atoms with Gasteiger partial charge in [-0.2, -0.15) is 13.2 Å². The molecule has 0 atom stereocenters. The standard InChI is InChI=1S/C12H21F3N4.HI/c1-16-11(18-10-5-3-4-6-10)17-7-8-19(2)9-12(13,14)15;/h3-4,10H,5-9H2,1-2H3,(H2,16,17,18);1H. The molecule has 0 amide bonds. The van der Waals surface area contributed by atoms with Crippen LogP contribution < -0.4 is 10.6 Å². The molecule has 4 nitrogen and oxygen atoms in total. The van der Waals surface area contributed by atoms with E-state index in [1.165, 1.54) is 11.9 Å². The zero-order chi connectivity index (χ0) is 14.3. The minimum Gasteiger partial charge on any atom is -0.355 e. The minimum absolute atomic E-state index is 0. The van der Waals surface area contributed by atoms with E-state index in [-0.39, 0.29) is 24.0 Å². The van der Waals surface area contributed by atoms with Crippen molar-refractivity contribution in [1.29, 1.82) is 0 Å². The monoisotopic (exact) mass is 406 g/mol. The molecule has 0 radical (unpaired) electrons. The Balaban J connectivity index is 0.00000361. The number of hydrogen-bond donors (Lipinski definition) is 2. The van der Waals surface area contributed by atoms with Crippen LogP contribution in [0.3, 0.4) is 0 Å². The van der Waals surface area contributed by atoms with Crippen LogP contribution in [0.15, 0.2) is 17.1 Å². The van der Waals surface area contributed by atoms with Crippen molar-refractivity contribution in [3.63, 3.8) is 0 Å². The predicted octanol–water partition coefficient (Wildman–Crippen LogP) is 1.98. The molecule has 0 aromatic heterocycles. The molecule has 0 bridgehead atoms. The summed E-state index contributed by atoms with van der Waals surface area (Å²) in [6.07, 6.45) is 1.96. The van der Waals surface area contributed by atoms with Gasteiger partial charge in [0.05, 0.1) is 6.54 Å². The number of aliphatic imine (C=N–C) groups is 1. The van der Waals surface area contributed by atoms with E-state index >= 15 is 0 Å². The quantitative estimate of drug-likeness (QED) is 0.318. The Kier molecular flexibility index (Phi) is 9.19. The maximum atomic E-state index is 12.1. The second-order valence-electron chi connectivity index (χ2n) is 4.64. The van der Waals surface area contributed by atoms with Gasteiger partial charge in [-0.3, -0.25) is 9.89 Å². The highest BCUT2D eigenvalue weighted by Gasteiger charge is 2.28. The third kappa shape index (κ3) is 8.62. The average molecular weight is 406 g/mol. The molecule has 0 saturated carbocycles. The molecule has 0 unspecified atom stereocenters. The van der Waals surface area contributed by atoms with E-state index in [0.717, 1.165) is 12.8 Å². The maximum absolute atomic E-state index is 12.1. The SMILES string of the molecule is CN=C(NCCN(C)CC(F)(F)F)NC1CC=CC1.I. The van der Waals surface area contributed by atoms with Gasteiger partial charge >= 0.3 is 6.18 Å². The number of guanidine groups is 1. The van der Waals surface area contributed by atoms with E-state index in [4.69, 9.17) is 0 Å². The van der Waals surface area contributed by atoms with Crippen molar-refractivity contribution in [2.45, 2.75) is 25.1 Å². The van der Waals surface area contributed by atoms with Crippen LogP contribution >= 0.6 is 24.0 Å². The summed E-state index contributed by atoms with van der Waals surface area (Å²) >= 11 is 0. The number of rotatable bonds is 5. The van der Waals surface area contributed by atoms with E-state index in [9.17, 15) is 13.2 Å². The lowest BCUT2D eigenvalue weighted by Crippen LogP contribution is -2.45. The number of nitrogens with zero attached hydrogens (tertiary/aromatic N) is 2. The highest BCUT2D eigenvalue weighted by molar-refractivity contribution is 14.0. The van der Waals surface area contributed by atoms with Crippen LogP contribution in [0.25, 0.3) is 0 Å². The molecule has 0 saturated heterocycles. The third-order valence-corrected chi connectivity index (χ3v) is 2.81. The van der Waals surface area contributed by atoms with Gasteiger partial charge in [-0.25, -0.2) is 0 Å². The zero-order valence-electron chi connectivity index (χ0n) is 11.7. The summed E-state index contributed by atoms with van der Waals surface area (Å²) in [5, 5.41) is 6.24. The first-order valence-corrected chi connectivity index (χ1v) is 6.28. The molecular weight excluding hydrogens is 384 g/mol. The fourth-order valence-corrected chi connectivity index (χ4v) is 1.87. The molecule has 0 aromatic rings. The van der Waals surface area contributed by atoms with Crippen molar-refractivity contribution < 1.29 is 13.2 Å². The predicted molar refractivity (Wildman–Crippen MR) is 85.6 cm³/mol. The second kappa shape index (κ2) is 9.43. The number of nitrogens with one attached hydrogen (secondary N) is 2. The first-order valence-electron chi connectivity index (χ1n) is 6.28. The van der Waals surface area contributed by atoms with Gasteiger partial charge in [0.25, 0.3) is 0 Å². The van der Waals surface area contributed by atoms with Crippen LogP contribution in [0.2, 0.25) is 0 Å². The van der Waals surface area contributed by atoms with Gasteiger partial charge in [0.2, 0.25) is 0 Å². The van der Waals surface area contributed by atoms with E-state index in [2.05, 4.69) is 27.8 Å². The molecule has 0 aromatic carbocycles. The topological polar surface area (TPSA) is 39.7 Å². The maximum Gasteiger partial charge on any atom is 0.401 e. The van der Waals surface area contributed by atoms with Crippen molar-refractivity contribution in [2.75, 3.05) is 33.7 Å². The van der Waals surface area contributed by atoms with Gasteiger partial charge in [-0.1, -0.05) is 12.2 Å². The first kappa shape index (κ1) is 19.5. The van der Waals surface area contributed by atoms with E-state index in [1.807, 2.05) is 0 Å². The van der Waals surface area contributed by atoms with E-state index in [1.54, 1.807) is 7.05 Å². The Bertz CT molecular complexity index is 323. The molecule has 1 rings (SSSR count). The lowest BCUT2D eigenvalue weighted by molar-refractivity contribution is -0.142. The van der Waals surface area contributed by atoms with Crippen LogP contribution in [-0.4, -0.2) is 56.8 Å². The molecule has 8 heteroatoms. The summed E-state index contributed by atoms with van der Waals surface area (Å²) < 4.78 is 36.4. The van der Waals surface area contributed by atoms with Gasteiger partial charge in [0, 0.05) is 26.2 Å². The van der Waals surface area contributed by atoms with Gasteiger partial charge in [0.15, 0.2) is 5.96 Å². The van der Waals surface area contributed by atoms with Crippen LogP contribution in [0.1, 0.15) is 12.8 Å². The van der Waals surface area contributed by atoms with Crippen LogP contribution in [0.5, 0.6) is 0 Å². The zero-order valence-corrected chi connectivity index (χ0v) is 14.0. The molecule has 0 heterocycles. The Hall–Kier alpha value is -0.510. The van der Waals surface area contributed by atoms with E-state index < -0.39 is 12.7 Å². The second-order valence-corrected chi connectivity index (χ2v) is 4.64. The normalized spacial score (nSPS) is 16.4. The molecule has 20 heavy (non-hydrogen) atoms. The summed E-state index contributed by atoms with van der Waals surface area (Å²) in [7, 11) is 3.10. The fraction of sp³-hybridized carbons (Fsp3) is 0.750. The van der Waals surface area contributed by atoms with Crippen molar-refractivity contribution in [3.8, 4) is 0 Å². The molecule has 1 aliphatic carbocycles. The molecular formula is C12H22F3IN4. The smallest absolute Gasteiger partial charge is 0.355 e. The largest absolute Gasteiger partial charge is 0.401 e. The fourth-order valence-electron chi connectivity index (χ4n) is 1.87. The van der Waals surface area contributed by atoms with Crippen molar-refractivity contribution in [2.24, 2.45) is 4.99 Å². The van der Waals surface area contributed by atoms with Gasteiger partial charge in [-0.05, 0) is 19.9 Å². The highest BCUT2D eigenvalue weighted by atomic mass is 127. The Morgan fingerprint density at radius 3 is 2.45 bits per heavy atom. The van der Waals surface area contributed by atoms with E-state index in [0.29, 0.717) is 25.1 Å². The number of halogens is 4. The van der Waals surface area contributed by atoms with Gasteiger partial charge in [0.1, 0.15) is 0 Å². The summed E-state index contributed by atoms with van der Waals surface area (Å²) in [5.74, 6) is 0.633. The Morgan fingerprint density at radius 1 is 1.35 bits per heavy atom. The summed E-state index contributed by atoms with van der Waals surface area (Å²) in [6, 6.07) is 0.333. The van der Waals surface area contributed by atoms with Crippen molar-refractivity contribution in [3.05, 3.63) is 12.2 Å². The average Bonchev–Trinajstić information content (AvgIpc) is 2.78. The van der Waals surface area contributed by atoms with Crippen LogP contribution in [-0.2, 0) is 0 Å².